The Balaban J connectivity index is 1.88. The van der Waals surface area contributed by atoms with Crippen LogP contribution in [0.3, 0.4) is 0 Å². The number of halogens is 1. The molecule has 2 N–H and O–H groups in total. The Morgan fingerprint density at radius 1 is 1.39 bits per heavy atom. The van der Waals surface area contributed by atoms with Crippen molar-refractivity contribution in [1.82, 2.24) is 9.55 Å². The molecule has 0 amide bonds. The summed E-state index contributed by atoms with van der Waals surface area (Å²) in [5.74, 6) is 1.14. The molecule has 2 heterocycles. The molecule has 0 saturated carbocycles. The molecule has 1 atom stereocenters. The van der Waals surface area contributed by atoms with Gasteiger partial charge in [0.25, 0.3) is 0 Å². The minimum atomic E-state index is 0.297. The van der Waals surface area contributed by atoms with Gasteiger partial charge in [0, 0.05) is 41.8 Å². The molecule has 1 aliphatic rings. The van der Waals surface area contributed by atoms with Gasteiger partial charge in [0.2, 0.25) is 0 Å². The second-order valence-corrected chi connectivity index (χ2v) is 5.69. The fourth-order valence-electron chi connectivity index (χ4n) is 2.51. The average Bonchev–Trinajstić information content (AvgIpc) is 2.74. The third-order valence-corrected chi connectivity index (χ3v) is 4.30. The van der Waals surface area contributed by atoms with Crippen LogP contribution in [0.2, 0.25) is 0 Å². The van der Waals surface area contributed by atoms with Crippen LogP contribution in [0.1, 0.15) is 23.5 Å². The molecule has 0 saturated heterocycles. The van der Waals surface area contributed by atoms with Crippen LogP contribution in [0, 0.1) is 0 Å². The van der Waals surface area contributed by atoms with E-state index in [2.05, 4.69) is 43.7 Å². The fourth-order valence-corrected chi connectivity index (χ4v) is 2.93. The van der Waals surface area contributed by atoms with E-state index in [1.165, 1.54) is 11.3 Å². The van der Waals surface area contributed by atoms with Crippen LogP contribution < -0.4 is 5.73 Å². The maximum absolute atomic E-state index is 5.99. The van der Waals surface area contributed by atoms with E-state index in [4.69, 9.17) is 5.73 Å². The lowest BCUT2D eigenvalue weighted by Crippen LogP contribution is -2.31. The zero-order valence-corrected chi connectivity index (χ0v) is 11.7. The Morgan fingerprint density at radius 2 is 2.22 bits per heavy atom. The largest absolute Gasteiger partial charge is 0.332 e. The lowest BCUT2D eigenvalue weighted by molar-refractivity contribution is 0.462. The summed E-state index contributed by atoms with van der Waals surface area (Å²) in [7, 11) is 0. The molecule has 0 aliphatic carbocycles. The molecular formula is C14H16BrN3. The highest BCUT2D eigenvalue weighted by atomic mass is 79.9. The van der Waals surface area contributed by atoms with Crippen molar-refractivity contribution in [2.24, 2.45) is 5.73 Å². The van der Waals surface area contributed by atoms with Crippen molar-refractivity contribution in [2.45, 2.75) is 31.8 Å². The Labute approximate surface area is 115 Å². The highest BCUT2D eigenvalue weighted by Crippen LogP contribution is 2.22. The summed E-state index contributed by atoms with van der Waals surface area (Å²) < 4.78 is 3.47. The summed E-state index contributed by atoms with van der Waals surface area (Å²) in [6.07, 6.45) is 4.84. The monoisotopic (exact) mass is 305 g/mol. The van der Waals surface area contributed by atoms with E-state index in [0.717, 1.165) is 36.1 Å². The first-order chi connectivity index (χ1) is 8.74. The summed E-state index contributed by atoms with van der Waals surface area (Å²) in [5.41, 5.74) is 8.54. The van der Waals surface area contributed by atoms with E-state index < -0.39 is 0 Å². The highest BCUT2D eigenvalue weighted by molar-refractivity contribution is 9.10. The number of aromatic nitrogens is 2. The molecule has 0 radical (unpaired) electrons. The molecule has 94 valence electrons. The van der Waals surface area contributed by atoms with Crippen molar-refractivity contribution in [2.75, 3.05) is 0 Å². The van der Waals surface area contributed by atoms with Gasteiger partial charge in [0.15, 0.2) is 0 Å². The molecule has 2 aromatic rings. The Bertz CT molecular complexity index is 562. The number of benzene rings is 1. The van der Waals surface area contributed by atoms with Crippen molar-refractivity contribution in [1.29, 1.82) is 0 Å². The van der Waals surface area contributed by atoms with Gasteiger partial charge in [-0.15, -0.1) is 0 Å². The number of nitrogens with zero attached hydrogens (tertiary/aromatic N) is 2. The average molecular weight is 306 g/mol. The van der Waals surface area contributed by atoms with E-state index in [1.54, 1.807) is 0 Å². The normalized spacial score (nSPS) is 18.7. The van der Waals surface area contributed by atoms with Gasteiger partial charge in [-0.05, 0) is 18.1 Å². The predicted molar refractivity (Wildman–Crippen MR) is 75.5 cm³/mol. The first-order valence-corrected chi connectivity index (χ1v) is 7.05. The molecule has 3 nitrogen and oxygen atoms in total. The third-order valence-electron chi connectivity index (χ3n) is 3.52. The molecule has 1 unspecified atom stereocenters. The van der Waals surface area contributed by atoms with Gasteiger partial charge >= 0.3 is 0 Å². The molecule has 3 rings (SSSR count). The van der Waals surface area contributed by atoms with Crippen molar-refractivity contribution in [3.8, 4) is 0 Å². The van der Waals surface area contributed by atoms with Crippen LogP contribution in [0.25, 0.3) is 0 Å². The minimum Gasteiger partial charge on any atom is -0.332 e. The smallest absolute Gasteiger partial charge is 0.113 e. The van der Waals surface area contributed by atoms with Gasteiger partial charge in [0.05, 0.1) is 0 Å². The predicted octanol–water partition coefficient (Wildman–Crippen LogP) is 2.51. The third kappa shape index (κ3) is 2.22. The molecule has 1 aromatic carbocycles. The summed E-state index contributed by atoms with van der Waals surface area (Å²) in [5, 5.41) is 0. The zero-order chi connectivity index (χ0) is 12.5. The van der Waals surface area contributed by atoms with Crippen LogP contribution in [-0.2, 0) is 19.4 Å². The topological polar surface area (TPSA) is 43.8 Å². The van der Waals surface area contributed by atoms with E-state index in [-0.39, 0.29) is 0 Å². The molecule has 0 fully saturated rings. The van der Waals surface area contributed by atoms with E-state index in [9.17, 15) is 0 Å². The van der Waals surface area contributed by atoms with Crippen molar-refractivity contribution >= 4 is 15.9 Å². The number of fused-ring (bicyclic) bond motifs is 1. The summed E-state index contributed by atoms with van der Waals surface area (Å²) in [6, 6.07) is 8.61. The molecule has 0 spiro atoms. The Kier molecular flexibility index (Phi) is 3.22. The molecule has 4 heteroatoms. The molecule has 1 aromatic heterocycles. The van der Waals surface area contributed by atoms with Crippen LogP contribution in [-0.4, -0.2) is 15.6 Å². The van der Waals surface area contributed by atoms with Gasteiger partial charge in [-0.25, -0.2) is 4.98 Å². The number of hydrogen-bond donors (Lipinski definition) is 1. The van der Waals surface area contributed by atoms with Gasteiger partial charge < -0.3 is 10.3 Å². The summed E-state index contributed by atoms with van der Waals surface area (Å²) >= 11 is 3.59. The number of nitrogens with two attached hydrogens (primary N) is 1. The summed E-state index contributed by atoms with van der Waals surface area (Å²) in [6.45, 7) is 0.996. The zero-order valence-electron chi connectivity index (χ0n) is 10.1. The second kappa shape index (κ2) is 4.86. The Hall–Kier alpha value is -1.13. The van der Waals surface area contributed by atoms with Crippen LogP contribution >= 0.6 is 15.9 Å². The van der Waals surface area contributed by atoms with E-state index in [1.807, 2.05) is 12.3 Å². The van der Waals surface area contributed by atoms with Gasteiger partial charge in [0.1, 0.15) is 5.82 Å². The summed E-state index contributed by atoms with van der Waals surface area (Å²) in [4.78, 5) is 4.56. The van der Waals surface area contributed by atoms with Crippen molar-refractivity contribution in [3.05, 3.63) is 52.0 Å². The van der Waals surface area contributed by atoms with Crippen molar-refractivity contribution < 1.29 is 0 Å². The highest BCUT2D eigenvalue weighted by Gasteiger charge is 2.19. The first kappa shape index (κ1) is 11.9. The maximum Gasteiger partial charge on any atom is 0.113 e. The fraction of sp³-hybridized carbons (Fsp3) is 0.357. The molecule has 1 aliphatic heterocycles. The molecule has 18 heavy (non-hydrogen) atoms. The number of imidazole rings is 1. The van der Waals surface area contributed by atoms with Crippen LogP contribution in [0.5, 0.6) is 0 Å². The quantitative estimate of drug-likeness (QED) is 0.926. The standard InChI is InChI=1S/C14H16BrN3/c15-13-4-2-1-3-10(13)7-14-17-9-12-8-11(16)5-6-18(12)14/h1-4,9,11H,5-8,16H2. The van der Waals surface area contributed by atoms with Gasteiger partial charge in [-0.2, -0.15) is 0 Å². The molecular weight excluding hydrogens is 290 g/mol. The Morgan fingerprint density at radius 3 is 3.06 bits per heavy atom. The maximum atomic E-state index is 5.99. The van der Waals surface area contributed by atoms with E-state index in [0.29, 0.717) is 6.04 Å². The lowest BCUT2D eigenvalue weighted by Gasteiger charge is -2.21. The lowest BCUT2D eigenvalue weighted by atomic mass is 10.1. The van der Waals surface area contributed by atoms with Crippen molar-refractivity contribution in [3.63, 3.8) is 0 Å². The van der Waals surface area contributed by atoms with E-state index >= 15 is 0 Å². The van der Waals surface area contributed by atoms with Gasteiger partial charge in [-0.3, -0.25) is 0 Å². The van der Waals surface area contributed by atoms with Gasteiger partial charge in [-0.1, -0.05) is 34.1 Å². The van der Waals surface area contributed by atoms with Crippen LogP contribution in [0.15, 0.2) is 34.9 Å². The first-order valence-electron chi connectivity index (χ1n) is 6.26. The number of rotatable bonds is 2. The SMILES string of the molecule is NC1CCn2c(cnc2Cc2ccccc2Br)C1. The second-order valence-electron chi connectivity index (χ2n) is 4.84. The minimum absolute atomic E-state index is 0.297. The number of hydrogen-bond acceptors (Lipinski definition) is 2. The molecule has 0 bridgehead atoms. The van der Waals surface area contributed by atoms with Crippen LogP contribution in [0.4, 0.5) is 0 Å².